The highest BCUT2D eigenvalue weighted by Gasteiger charge is 2.13. The van der Waals surface area contributed by atoms with E-state index in [2.05, 4.69) is 36.4 Å². The number of rotatable bonds is 2. The summed E-state index contributed by atoms with van der Waals surface area (Å²) in [5, 5.41) is 17.5. The monoisotopic (exact) mass is 291 g/mol. The molecule has 2 rings (SSSR count). The number of anilines is 1. The van der Waals surface area contributed by atoms with Crippen LogP contribution in [-0.2, 0) is 0 Å². The molecular weight excluding hydrogens is 286 g/mol. The molecule has 0 aromatic carbocycles. The predicted octanol–water partition coefficient (Wildman–Crippen LogP) is 1.69. The average molecular weight is 292 g/mol. The molecule has 2 heterocycles. The van der Waals surface area contributed by atoms with Crippen LogP contribution in [0.1, 0.15) is 15.9 Å². The van der Waals surface area contributed by atoms with Gasteiger partial charge in [-0.15, -0.1) is 0 Å². The van der Waals surface area contributed by atoms with Crippen molar-refractivity contribution >= 4 is 27.7 Å². The third-order valence-electron chi connectivity index (χ3n) is 2.00. The molecule has 0 fully saturated rings. The van der Waals surface area contributed by atoms with Crippen molar-refractivity contribution in [1.29, 1.82) is 5.26 Å². The zero-order valence-corrected chi connectivity index (χ0v) is 10.0. The number of carbonyl (C=O) groups is 1. The van der Waals surface area contributed by atoms with Crippen molar-refractivity contribution in [1.82, 2.24) is 15.2 Å². The van der Waals surface area contributed by atoms with Crippen LogP contribution in [0, 0.1) is 11.3 Å². The van der Waals surface area contributed by atoms with Crippen LogP contribution >= 0.6 is 15.9 Å². The third kappa shape index (κ3) is 2.32. The summed E-state index contributed by atoms with van der Waals surface area (Å²) in [7, 11) is 0. The first-order valence-electron chi connectivity index (χ1n) is 4.57. The number of nitrogens with zero attached hydrogens (tertiary/aromatic N) is 3. The van der Waals surface area contributed by atoms with Crippen LogP contribution in [0.5, 0.6) is 0 Å². The Labute approximate surface area is 105 Å². The summed E-state index contributed by atoms with van der Waals surface area (Å²) in [6.45, 7) is 0. The molecule has 0 unspecified atom stereocenters. The van der Waals surface area contributed by atoms with Gasteiger partial charge < -0.3 is 5.32 Å². The summed E-state index contributed by atoms with van der Waals surface area (Å²) < 4.78 is 0.440. The second-order valence-electron chi connectivity index (χ2n) is 3.07. The van der Waals surface area contributed by atoms with Gasteiger partial charge in [-0.25, -0.2) is 4.98 Å². The van der Waals surface area contributed by atoms with Crippen molar-refractivity contribution in [2.45, 2.75) is 0 Å². The van der Waals surface area contributed by atoms with E-state index < -0.39 is 0 Å². The highest BCUT2D eigenvalue weighted by Crippen LogP contribution is 2.15. The van der Waals surface area contributed by atoms with Gasteiger partial charge in [0.15, 0.2) is 0 Å². The molecule has 2 aromatic heterocycles. The number of amides is 1. The molecule has 2 N–H and O–H groups in total. The minimum Gasteiger partial charge on any atom is -0.306 e. The molecule has 17 heavy (non-hydrogen) atoms. The largest absolute Gasteiger partial charge is 0.306 e. The molecule has 0 saturated heterocycles. The Bertz CT molecular complexity index is 601. The zero-order chi connectivity index (χ0) is 12.3. The van der Waals surface area contributed by atoms with Gasteiger partial charge in [-0.3, -0.25) is 9.89 Å². The molecule has 0 aliphatic heterocycles. The van der Waals surface area contributed by atoms with Gasteiger partial charge in [-0.2, -0.15) is 10.4 Å². The fourth-order valence-electron chi connectivity index (χ4n) is 1.20. The Kier molecular flexibility index (Phi) is 3.16. The van der Waals surface area contributed by atoms with Crippen molar-refractivity contribution in [2.75, 3.05) is 5.32 Å². The molecule has 1 amide bonds. The Balaban J connectivity index is 2.24. The Morgan fingerprint density at radius 3 is 3.12 bits per heavy atom. The normalized spacial score (nSPS) is 9.65. The molecule has 2 aromatic rings. The van der Waals surface area contributed by atoms with Crippen molar-refractivity contribution in [2.24, 2.45) is 0 Å². The van der Waals surface area contributed by atoms with Gasteiger partial charge in [-0.1, -0.05) is 0 Å². The van der Waals surface area contributed by atoms with Gasteiger partial charge in [0.25, 0.3) is 5.91 Å². The Hall–Kier alpha value is -2.20. The molecular formula is C10H6BrN5O. The van der Waals surface area contributed by atoms with E-state index in [9.17, 15) is 4.79 Å². The van der Waals surface area contributed by atoms with Crippen LogP contribution in [0.2, 0.25) is 0 Å². The average Bonchev–Trinajstić information content (AvgIpc) is 2.76. The van der Waals surface area contributed by atoms with E-state index in [-0.39, 0.29) is 17.3 Å². The minimum absolute atomic E-state index is 0.272. The number of aromatic nitrogens is 3. The Morgan fingerprint density at radius 2 is 2.41 bits per heavy atom. The molecule has 0 spiro atoms. The lowest BCUT2D eigenvalue weighted by molar-refractivity contribution is 0.102. The zero-order valence-electron chi connectivity index (χ0n) is 8.44. The number of nitriles is 1. The van der Waals surface area contributed by atoms with Crippen LogP contribution in [0.15, 0.2) is 29.1 Å². The fourth-order valence-corrected chi connectivity index (χ4v) is 1.63. The quantitative estimate of drug-likeness (QED) is 0.823. The maximum atomic E-state index is 11.9. The number of halogens is 1. The first kappa shape index (κ1) is 11.3. The SMILES string of the molecule is N#Cc1cn[nH]c1NC(=O)c1cccnc1Br. The van der Waals surface area contributed by atoms with Gasteiger partial charge in [0.2, 0.25) is 0 Å². The lowest BCUT2D eigenvalue weighted by Crippen LogP contribution is -2.14. The van der Waals surface area contributed by atoms with E-state index in [0.717, 1.165) is 0 Å². The maximum absolute atomic E-state index is 11.9. The number of aromatic amines is 1. The lowest BCUT2D eigenvalue weighted by Gasteiger charge is -2.03. The third-order valence-corrected chi connectivity index (χ3v) is 2.63. The number of carbonyl (C=O) groups excluding carboxylic acids is 1. The summed E-state index contributed by atoms with van der Waals surface area (Å²) in [5.74, 6) is -0.0982. The van der Waals surface area contributed by atoms with Gasteiger partial charge in [-0.05, 0) is 28.1 Å². The van der Waals surface area contributed by atoms with Crippen molar-refractivity contribution < 1.29 is 4.79 Å². The number of nitrogens with one attached hydrogen (secondary N) is 2. The molecule has 0 aliphatic carbocycles. The number of hydrogen-bond acceptors (Lipinski definition) is 4. The van der Waals surface area contributed by atoms with Crippen molar-refractivity contribution in [3.05, 3.63) is 40.3 Å². The molecule has 7 heteroatoms. The highest BCUT2D eigenvalue weighted by atomic mass is 79.9. The fraction of sp³-hybridized carbons (Fsp3) is 0. The lowest BCUT2D eigenvalue weighted by atomic mass is 10.2. The first-order valence-corrected chi connectivity index (χ1v) is 5.37. The second-order valence-corrected chi connectivity index (χ2v) is 3.82. The van der Waals surface area contributed by atoms with Crippen LogP contribution in [0.25, 0.3) is 0 Å². The van der Waals surface area contributed by atoms with E-state index >= 15 is 0 Å². The summed E-state index contributed by atoms with van der Waals surface area (Å²) in [4.78, 5) is 15.8. The van der Waals surface area contributed by atoms with E-state index in [4.69, 9.17) is 5.26 Å². The molecule has 0 bridgehead atoms. The number of H-pyrrole nitrogens is 1. The summed E-state index contributed by atoms with van der Waals surface area (Å²) in [6.07, 6.45) is 2.91. The number of hydrogen-bond donors (Lipinski definition) is 2. The van der Waals surface area contributed by atoms with Crippen LogP contribution in [0.3, 0.4) is 0 Å². The van der Waals surface area contributed by atoms with E-state index in [1.54, 1.807) is 18.3 Å². The predicted molar refractivity (Wildman–Crippen MR) is 63.2 cm³/mol. The minimum atomic E-state index is -0.370. The van der Waals surface area contributed by atoms with Crippen molar-refractivity contribution in [3.63, 3.8) is 0 Å². The molecule has 0 atom stereocenters. The van der Waals surface area contributed by atoms with Crippen LogP contribution < -0.4 is 5.32 Å². The van der Waals surface area contributed by atoms with Gasteiger partial charge >= 0.3 is 0 Å². The Morgan fingerprint density at radius 1 is 1.59 bits per heavy atom. The van der Waals surface area contributed by atoms with E-state index in [1.165, 1.54) is 6.20 Å². The first-order chi connectivity index (χ1) is 8.22. The molecule has 0 radical (unpaired) electrons. The highest BCUT2D eigenvalue weighted by molar-refractivity contribution is 9.10. The number of pyridine rings is 1. The maximum Gasteiger partial charge on any atom is 0.259 e. The van der Waals surface area contributed by atoms with Crippen LogP contribution in [-0.4, -0.2) is 21.1 Å². The van der Waals surface area contributed by atoms with Gasteiger partial charge in [0, 0.05) is 6.20 Å². The van der Waals surface area contributed by atoms with Gasteiger partial charge in [0.05, 0.1) is 11.8 Å². The summed E-state index contributed by atoms with van der Waals surface area (Å²) in [5.41, 5.74) is 0.657. The summed E-state index contributed by atoms with van der Waals surface area (Å²) in [6, 6.07) is 5.18. The molecule has 6 nitrogen and oxygen atoms in total. The van der Waals surface area contributed by atoms with Crippen LogP contribution in [0.4, 0.5) is 5.82 Å². The molecule has 84 valence electrons. The molecule has 0 saturated carbocycles. The van der Waals surface area contributed by atoms with E-state index in [0.29, 0.717) is 10.2 Å². The molecule has 0 aliphatic rings. The summed E-state index contributed by atoms with van der Waals surface area (Å²) >= 11 is 3.17. The van der Waals surface area contributed by atoms with Gasteiger partial charge in [0.1, 0.15) is 22.1 Å². The smallest absolute Gasteiger partial charge is 0.259 e. The van der Waals surface area contributed by atoms with E-state index in [1.807, 2.05) is 6.07 Å². The topological polar surface area (TPSA) is 94.5 Å². The second kappa shape index (κ2) is 4.76. The van der Waals surface area contributed by atoms with Crippen molar-refractivity contribution in [3.8, 4) is 6.07 Å². The standard InChI is InChI=1S/C10H6BrN5O/c11-8-7(2-1-3-13-8)10(17)15-9-6(4-12)5-14-16-9/h1-3,5H,(H2,14,15,16,17).